The monoisotopic (exact) mass is 261 g/mol. The molecule has 1 N–H and O–H groups in total. The van der Waals surface area contributed by atoms with E-state index >= 15 is 0 Å². The van der Waals surface area contributed by atoms with Crippen molar-refractivity contribution in [3.8, 4) is 0 Å². The van der Waals surface area contributed by atoms with Gasteiger partial charge in [0.15, 0.2) is 0 Å². The van der Waals surface area contributed by atoms with Crippen LogP contribution >= 0.6 is 11.6 Å². The van der Waals surface area contributed by atoms with Crippen molar-refractivity contribution in [3.63, 3.8) is 0 Å². The molecular formula is C14H16ClN3. The predicted molar refractivity (Wildman–Crippen MR) is 75.1 cm³/mol. The first kappa shape index (κ1) is 11.7. The molecule has 1 aromatic heterocycles. The molecule has 1 heterocycles. The van der Waals surface area contributed by atoms with E-state index in [1.54, 1.807) is 6.20 Å². The molecule has 1 aliphatic rings. The Balaban J connectivity index is 1.90. The zero-order valence-corrected chi connectivity index (χ0v) is 11.0. The molecule has 0 aliphatic heterocycles. The number of nitrogens with one attached hydrogen (secondary N) is 1. The maximum Gasteiger partial charge on any atom is 0.145 e. The van der Waals surface area contributed by atoms with Crippen LogP contribution in [0.25, 0.3) is 11.0 Å². The Labute approximate surface area is 112 Å². The molecule has 2 aromatic rings. The SMILES string of the molecule is ClCC1(Nc2cnc3ccccc3n2)CCCC1. The van der Waals surface area contributed by atoms with Gasteiger partial charge in [-0.3, -0.25) is 4.98 Å². The lowest BCUT2D eigenvalue weighted by atomic mass is 10.0. The first-order chi connectivity index (χ1) is 8.81. The summed E-state index contributed by atoms with van der Waals surface area (Å²) in [5.41, 5.74) is 1.86. The normalized spacial score (nSPS) is 18.1. The maximum atomic E-state index is 6.12. The molecule has 0 atom stereocenters. The molecule has 18 heavy (non-hydrogen) atoms. The van der Waals surface area contributed by atoms with Gasteiger partial charge >= 0.3 is 0 Å². The Morgan fingerprint density at radius 3 is 2.61 bits per heavy atom. The molecule has 1 saturated carbocycles. The molecule has 94 valence electrons. The Hall–Kier alpha value is -1.35. The quantitative estimate of drug-likeness (QED) is 0.858. The van der Waals surface area contributed by atoms with Crippen molar-refractivity contribution >= 4 is 28.5 Å². The van der Waals surface area contributed by atoms with Crippen LogP contribution in [0.1, 0.15) is 25.7 Å². The van der Waals surface area contributed by atoms with Crippen LogP contribution in [0.3, 0.4) is 0 Å². The fourth-order valence-corrected chi connectivity index (χ4v) is 2.97. The second-order valence-electron chi connectivity index (χ2n) is 4.99. The van der Waals surface area contributed by atoms with E-state index in [9.17, 15) is 0 Å². The van der Waals surface area contributed by atoms with Gasteiger partial charge in [0.05, 0.1) is 22.8 Å². The van der Waals surface area contributed by atoms with E-state index in [0.29, 0.717) is 5.88 Å². The van der Waals surface area contributed by atoms with Gasteiger partial charge in [-0.25, -0.2) is 4.98 Å². The van der Waals surface area contributed by atoms with Crippen LogP contribution in [0.2, 0.25) is 0 Å². The summed E-state index contributed by atoms with van der Waals surface area (Å²) in [6.07, 6.45) is 6.51. The second-order valence-corrected chi connectivity index (χ2v) is 5.26. The molecule has 0 amide bonds. The van der Waals surface area contributed by atoms with Crippen LogP contribution in [0, 0.1) is 0 Å². The number of aromatic nitrogens is 2. The summed E-state index contributed by atoms with van der Waals surface area (Å²) in [5.74, 6) is 1.46. The van der Waals surface area contributed by atoms with E-state index in [4.69, 9.17) is 11.6 Å². The molecule has 3 nitrogen and oxygen atoms in total. The fourth-order valence-electron chi connectivity index (χ4n) is 2.63. The zero-order valence-electron chi connectivity index (χ0n) is 10.2. The second kappa shape index (κ2) is 4.73. The molecule has 0 bridgehead atoms. The van der Waals surface area contributed by atoms with Crippen molar-refractivity contribution in [2.45, 2.75) is 31.2 Å². The van der Waals surface area contributed by atoms with Crippen molar-refractivity contribution in [1.82, 2.24) is 9.97 Å². The molecule has 3 rings (SSSR count). The number of hydrogen-bond acceptors (Lipinski definition) is 3. The molecule has 1 aliphatic carbocycles. The van der Waals surface area contributed by atoms with Crippen molar-refractivity contribution in [3.05, 3.63) is 30.5 Å². The number of alkyl halides is 1. The minimum absolute atomic E-state index is 0.0126. The molecule has 4 heteroatoms. The average Bonchev–Trinajstić information content (AvgIpc) is 2.88. The Morgan fingerprint density at radius 1 is 1.17 bits per heavy atom. The van der Waals surface area contributed by atoms with Gasteiger partial charge in [0.1, 0.15) is 5.82 Å². The minimum atomic E-state index is 0.0126. The molecule has 0 radical (unpaired) electrons. The Kier molecular flexibility index (Phi) is 3.08. The lowest BCUT2D eigenvalue weighted by Crippen LogP contribution is -2.37. The van der Waals surface area contributed by atoms with Crippen LogP contribution in [-0.4, -0.2) is 21.4 Å². The highest BCUT2D eigenvalue weighted by Crippen LogP contribution is 2.33. The van der Waals surface area contributed by atoms with E-state index in [1.807, 2.05) is 24.3 Å². The molecule has 1 aromatic carbocycles. The number of rotatable bonds is 3. The number of para-hydroxylation sites is 2. The number of anilines is 1. The summed E-state index contributed by atoms with van der Waals surface area (Å²) in [6.45, 7) is 0. The van der Waals surface area contributed by atoms with Gasteiger partial charge in [-0.2, -0.15) is 0 Å². The fraction of sp³-hybridized carbons (Fsp3) is 0.429. The van der Waals surface area contributed by atoms with Gasteiger partial charge in [0.2, 0.25) is 0 Å². The van der Waals surface area contributed by atoms with Gasteiger partial charge in [-0.1, -0.05) is 25.0 Å². The molecule has 0 saturated heterocycles. The largest absolute Gasteiger partial charge is 0.362 e. The van der Waals surface area contributed by atoms with Gasteiger partial charge in [0, 0.05) is 5.88 Å². The average molecular weight is 262 g/mol. The smallest absolute Gasteiger partial charge is 0.145 e. The highest BCUT2D eigenvalue weighted by atomic mass is 35.5. The lowest BCUT2D eigenvalue weighted by Gasteiger charge is -2.28. The van der Waals surface area contributed by atoms with E-state index in [0.717, 1.165) is 29.7 Å². The van der Waals surface area contributed by atoms with E-state index in [1.165, 1.54) is 12.8 Å². The molecule has 1 fully saturated rings. The first-order valence-electron chi connectivity index (χ1n) is 6.37. The van der Waals surface area contributed by atoms with Crippen molar-refractivity contribution in [2.75, 3.05) is 11.2 Å². The van der Waals surface area contributed by atoms with E-state index in [-0.39, 0.29) is 5.54 Å². The summed E-state index contributed by atoms with van der Waals surface area (Å²) < 4.78 is 0. The minimum Gasteiger partial charge on any atom is -0.362 e. The van der Waals surface area contributed by atoms with Crippen LogP contribution in [0.5, 0.6) is 0 Å². The van der Waals surface area contributed by atoms with Crippen LogP contribution in [0.15, 0.2) is 30.5 Å². The van der Waals surface area contributed by atoms with Crippen molar-refractivity contribution in [1.29, 1.82) is 0 Å². The van der Waals surface area contributed by atoms with Crippen LogP contribution in [0.4, 0.5) is 5.82 Å². The highest BCUT2D eigenvalue weighted by molar-refractivity contribution is 6.18. The molecule has 0 unspecified atom stereocenters. The highest BCUT2D eigenvalue weighted by Gasteiger charge is 2.33. The third-order valence-electron chi connectivity index (χ3n) is 3.66. The summed E-state index contributed by atoms with van der Waals surface area (Å²) in [6, 6.07) is 7.91. The lowest BCUT2D eigenvalue weighted by molar-refractivity contribution is 0.537. The van der Waals surface area contributed by atoms with Crippen molar-refractivity contribution in [2.24, 2.45) is 0 Å². The van der Waals surface area contributed by atoms with Gasteiger partial charge in [-0.05, 0) is 25.0 Å². The van der Waals surface area contributed by atoms with Crippen LogP contribution < -0.4 is 5.32 Å². The molecule has 0 spiro atoms. The summed E-state index contributed by atoms with van der Waals surface area (Å²) in [7, 11) is 0. The summed E-state index contributed by atoms with van der Waals surface area (Å²) >= 11 is 6.12. The first-order valence-corrected chi connectivity index (χ1v) is 6.91. The van der Waals surface area contributed by atoms with Gasteiger partial charge in [-0.15, -0.1) is 11.6 Å². The van der Waals surface area contributed by atoms with Crippen LogP contribution in [-0.2, 0) is 0 Å². The topological polar surface area (TPSA) is 37.8 Å². The van der Waals surface area contributed by atoms with E-state index < -0.39 is 0 Å². The third kappa shape index (κ3) is 2.15. The number of fused-ring (bicyclic) bond motifs is 1. The van der Waals surface area contributed by atoms with Crippen molar-refractivity contribution < 1.29 is 0 Å². The zero-order chi connectivity index (χ0) is 12.4. The summed E-state index contributed by atoms with van der Waals surface area (Å²) in [4.78, 5) is 9.02. The maximum absolute atomic E-state index is 6.12. The van der Waals surface area contributed by atoms with E-state index in [2.05, 4.69) is 15.3 Å². The third-order valence-corrected chi connectivity index (χ3v) is 4.17. The Bertz CT molecular complexity index is 549. The number of hydrogen-bond donors (Lipinski definition) is 1. The molecular weight excluding hydrogens is 246 g/mol. The summed E-state index contributed by atoms with van der Waals surface area (Å²) in [5, 5.41) is 3.49. The number of halogens is 1. The standard InChI is InChI=1S/C14H16ClN3/c15-10-14(7-3-4-8-14)18-13-9-16-11-5-1-2-6-12(11)17-13/h1-2,5-6,9H,3-4,7-8,10H2,(H,17,18). The Morgan fingerprint density at radius 2 is 1.89 bits per heavy atom. The predicted octanol–water partition coefficient (Wildman–Crippen LogP) is 3.59. The number of benzene rings is 1. The number of nitrogens with zero attached hydrogens (tertiary/aromatic N) is 2. The van der Waals surface area contributed by atoms with Gasteiger partial charge in [0.25, 0.3) is 0 Å². The van der Waals surface area contributed by atoms with Gasteiger partial charge < -0.3 is 5.32 Å².